The Morgan fingerprint density at radius 1 is 1.69 bits per heavy atom. The molecule has 2 unspecified atom stereocenters. The topological polar surface area (TPSA) is 52.3 Å². The Bertz CT molecular complexity index is 334. The summed E-state index contributed by atoms with van der Waals surface area (Å²) in [6.07, 6.45) is 1.04. The van der Waals surface area contributed by atoms with Crippen LogP contribution in [0, 0.1) is 0 Å². The minimum Gasteiger partial charge on any atom is -0.465 e. The lowest BCUT2D eigenvalue weighted by Crippen LogP contribution is -1.99. The van der Waals surface area contributed by atoms with Crippen LogP contribution in [0.4, 0.5) is 0 Å². The first-order chi connectivity index (χ1) is 6.22. The second kappa shape index (κ2) is 3.12. The van der Waals surface area contributed by atoms with Crippen molar-refractivity contribution in [3.05, 3.63) is 21.9 Å². The molecule has 70 valence electrons. The normalized spacial score (nSPS) is 25.7. The van der Waals surface area contributed by atoms with Gasteiger partial charge in [0.2, 0.25) is 0 Å². The fraction of sp³-hybridized carbons (Fsp3) is 0.444. The average molecular weight is 197 g/mol. The minimum absolute atomic E-state index is 0.259. The van der Waals surface area contributed by atoms with Crippen LogP contribution in [0.2, 0.25) is 0 Å². The molecular weight excluding hydrogens is 186 g/mol. The molecule has 4 heteroatoms. The molecule has 1 aromatic rings. The fourth-order valence-corrected chi connectivity index (χ4v) is 2.42. The van der Waals surface area contributed by atoms with Gasteiger partial charge in [-0.1, -0.05) is 0 Å². The summed E-state index contributed by atoms with van der Waals surface area (Å²) in [6, 6.07) is 4.06. The Balaban J connectivity index is 2.14. The van der Waals surface area contributed by atoms with E-state index < -0.39 is 0 Å². The summed E-state index contributed by atoms with van der Waals surface area (Å²) >= 11 is 1.49. The van der Waals surface area contributed by atoms with Crippen LogP contribution in [0.5, 0.6) is 0 Å². The molecule has 0 spiro atoms. The standard InChI is InChI=1S/C9H11NO2S/c1-12-9(11)8-3-2-7(13-8)5-4-6(5)10/h2-3,5-6H,4,10H2,1H3. The van der Waals surface area contributed by atoms with Gasteiger partial charge in [-0.25, -0.2) is 4.79 Å². The zero-order valence-corrected chi connectivity index (χ0v) is 8.14. The number of esters is 1. The molecule has 1 heterocycles. The predicted octanol–water partition coefficient (Wildman–Crippen LogP) is 1.35. The van der Waals surface area contributed by atoms with E-state index in [-0.39, 0.29) is 5.97 Å². The third-order valence-corrected chi connectivity index (χ3v) is 3.42. The van der Waals surface area contributed by atoms with E-state index in [1.807, 2.05) is 6.07 Å². The van der Waals surface area contributed by atoms with Crippen molar-refractivity contribution in [2.45, 2.75) is 18.4 Å². The van der Waals surface area contributed by atoms with Crippen molar-refractivity contribution in [3.63, 3.8) is 0 Å². The van der Waals surface area contributed by atoms with Crippen molar-refractivity contribution >= 4 is 17.3 Å². The summed E-state index contributed by atoms with van der Waals surface area (Å²) in [5.74, 6) is 0.217. The van der Waals surface area contributed by atoms with E-state index in [1.165, 1.54) is 23.3 Å². The van der Waals surface area contributed by atoms with E-state index >= 15 is 0 Å². The number of rotatable bonds is 2. The molecule has 1 aromatic heterocycles. The molecule has 3 nitrogen and oxygen atoms in total. The van der Waals surface area contributed by atoms with E-state index in [1.54, 1.807) is 6.07 Å². The molecule has 2 rings (SSSR count). The highest BCUT2D eigenvalue weighted by molar-refractivity contribution is 7.14. The zero-order valence-electron chi connectivity index (χ0n) is 7.32. The number of hydrogen-bond donors (Lipinski definition) is 1. The Hall–Kier alpha value is -0.870. The molecule has 0 saturated heterocycles. The molecule has 1 aliphatic carbocycles. The van der Waals surface area contributed by atoms with Crippen molar-refractivity contribution in [3.8, 4) is 0 Å². The largest absolute Gasteiger partial charge is 0.465 e. The minimum atomic E-state index is -0.259. The first kappa shape index (κ1) is 8.72. The van der Waals surface area contributed by atoms with Gasteiger partial charge in [0.05, 0.1) is 7.11 Å². The van der Waals surface area contributed by atoms with Crippen molar-refractivity contribution in [2.75, 3.05) is 7.11 Å². The molecule has 1 saturated carbocycles. The van der Waals surface area contributed by atoms with Crippen molar-refractivity contribution in [1.29, 1.82) is 0 Å². The highest BCUT2D eigenvalue weighted by Crippen LogP contribution is 2.42. The van der Waals surface area contributed by atoms with E-state index in [4.69, 9.17) is 5.73 Å². The third-order valence-electron chi connectivity index (χ3n) is 2.22. The van der Waals surface area contributed by atoms with E-state index in [0.29, 0.717) is 16.8 Å². The Labute approximate surface area is 80.5 Å². The lowest BCUT2D eigenvalue weighted by atomic mass is 10.3. The maximum atomic E-state index is 11.1. The van der Waals surface area contributed by atoms with Gasteiger partial charge in [0.1, 0.15) is 4.88 Å². The first-order valence-corrected chi connectivity index (χ1v) is 4.97. The number of ether oxygens (including phenoxy) is 1. The van der Waals surface area contributed by atoms with Gasteiger partial charge in [0.25, 0.3) is 0 Å². The van der Waals surface area contributed by atoms with Gasteiger partial charge in [-0.05, 0) is 18.6 Å². The van der Waals surface area contributed by atoms with Crippen molar-refractivity contribution < 1.29 is 9.53 Å². The lowest BCUT2D eigenvalue weighted by molar-refractivity contribution is 0.0606. The molecule has 1 aliphatic rings. The number of hydrogen-bond acceptors (Lipinski definition) is 4. The van der Waals surface area contributed by atoms with Gasteiger partial charge in [-0.15, -0.1) is 11.3 Å². The third kappa shape index (κ3) is 1.59. The number of thiophene rings is 1. The molecule has 0 aromatic carbocycles. The Kier molecular flexibility index (Phi) is 2.09. The Morgan fingerprint density at radius 3 is 2.92 bits per heavy atom. The smallest absolute Gasteiger partial charge is 0.348 e. The summed E-state index contributed by atoms with van der Waals surface area (Å²) in [7, 11) is 1.39. The van der Waals surface area contributed by atoms with Gasteiger partial charge in [-0.3, -0.25) is 0 Å². The van der Waals surface area contributed by atoms with Crippen molar-refractivity contribution in [2.24, 2.45) is 5.73 Å². The predicted molar refractivity (Wildman–Crippen MR) is 51.0 cm³/mol. The maximum absolute atomic E-state index is 11.1. The van der Waals surface area contributed by atoms with E-state index in [9.17, 15) is 4.79 Å². The Morgan fingerprint density at radius 2 is 2.38 bits per heavy atom. The molecule has 2 atom stereocenters. The van der Waals surface area contributed by atoms with Gasteiger partial charge in [-0.2, -0.15) is 0 Å². The molecule has 13 heavy (non-hydrogen) atoms. The molecule has 0 radical (unpaired) electrons. The van der Waals surface area contributed by atoms with Crippen LogP contribution in [-0.2, 0) is 4.74 Å². The zero-order chi connectivity index (χ0) is 9.42. The first-order valence-electron chi connectivity index (χ1n) is 4.16. The van der Waals surface area contributed by atoms with Gasteiger partial charge in [0.15, 0.2) is 0 Å². The molecular formula is C9H11NO2S. The SMILES string of the molecule is COC(=O)c1ccc(C2CC2N)s1. The summed E-state index contributed by atoms with van der Waals surface area (Å²) in [5, 5.41) is 0. The fourth-order valence-electron chi connectivity index (χ4n) is 1.30. The summed E-state index contributed by atoms with van der Waals surface area (Å²) in [5.41, 5.74) is 5.71. The average Bonchev–Trinajstić information content (AvgIpc) is 2.70. The number of carbonyl (C=O) groups is 1. The van der Waals surface area contributed by atoms with Crippen LogP contribution < -0.4 is 5.73 Å². The second-order valence-electron chi connectivity index (χ2n) is 3.20. The van der Waals surface area contributed by atoms with E-state index in [0.717, 1.165) is 6.42 Å². The van der Waals surface area contributed by atoms with Crippen LogP contribution in [0.1, 0.15) is 26.9 Å². The molecule has 0 bridgehead atoms. The molecule has 2 N–H and O–H groups in total. The maximum Gasteiger partial charge on any atom is 0.348 e. The van der Waals surface area contributed by atoms with Gasteiger partial charge >= 0.3 is 5.97 Å². The molecule has 0 amide bonds. The van der Waals surface area contributed by atoms with Crippen LogP contribution in [0.25, 0.3) is 0 Å². The van der Waals surface area contributed by atoms with Crippen LogP contribution in [0.3, 0.4) is 0 Å². The van der Waals surface area contributed by atoms with Crippen LogP contribution in [-0.4, -0.2) is 19.1 Å². The second-order valence-corrected chi connectivity index (χ2v) is 4.32. The van der Waals surface area contributed by atoms with Crippen LogP contribution >= 0.6 is 11.3 Å². The lowest BCUT2D eigenvalue weighted by Gasteiger charge is -1.92. The van der Waals surface area contributed by atoms with Crippen molar-refractivity contribution in [1.82, 2.24) is 0 Å². The monoisotopic (exact) mass is 197 g/mol. The summed E-state index contributed by atoms with van der Waals surface area (Å²) in [6.45, 7) is 0. The molecule has 0 aliphatic heterocycles. The summed E-state index contributed by atoms with van der Waals surface area (Å²) in [4.78, 5) is 13.0. The van der Waals surface area contributed by atoms with Gasteiger partial charge in [0, 0.05) is 16.8 Å². The van der Waals surface area contributed by atoms with E-state index in [2.05, 4.69) is 4.74 Å². The van der Waals surface area contributed by atoms with Gasteiger partial charge < -0.3 is 10.5 Å². The number of carbonyl (C=O) groups excluding carboxylic acids is 1. The number of methoxy groups -OCH3 is 1. The molecule has 1 fully saturated rings. The summed E-state index contributed by atoms with van der Waals surface area (Å²) < 4.78 is 4.62. The van der Waals surface area contributed by atoms with Crippen LogP contribution in [0.15, 0.2) is 12.1 Å². The quantitative estimate of drug-likeness (QED) is 0.728. The number of nitrogens with two attached hydrogens (primary N) is 1. The highest BCUT2D eigenvalue weighted by atomic mass is 32.1. The highest BCUT2D eigenvalue weighted by Gasteiger charge is 2.36.